The van der Waals surface area contributed by atoms with Crippen molar-refractivity contribution in [3.05, 3.63) is 71.8 Å². The predicted molar refractivity (Wildman–Crippen MR) is 204 cm³/mol. The average Bonchev–Trinajstić information content (AvgIpc) is 3.14. The Bertz CT molecular complexity index is 1430. The second-order valence-corrected chi connectivity index (χ2v) is 14.8. The highest BCUT2D eigenvalue weighted by atomic mass is 16.5. The minimum atomic E-state index is -1.34. The third kappa shape index (κ3) is 15.3. The topological polar surface area (TPSA) is 189 Å². The highest BCUT2D eigenvalue weighted by Gasteiger charge is 2.35. The van der Waals surface area contributed by atoms with Crippen molar-refractivity contribution in [2.24, 2.45) is 29.4 Å². The van der Waals surface area contributed by atoms with Crippen molar-refractivity contribution in [3.8, 4) is 0 Å². The molecule has 3 rings (SSSR count). The minimum Gasteiger partial charge on any atom is -0.445 e. The molecule has 1 saturated carbocycles. The van der Waals surface area contributed by atoms with Crippen LogP contribution in [-0.4, -0.2) is 65.6 Å². The van der Waals surface area contributed by atoms with Gasteiger partial charge in [-0.2, -0.15) is 0 Å². The molecule has 5 amide bonds. The van der Waals surface area contributed by atoms with Gasteiger partial charge in [0.1, 0.15) is 12.6 Å². The summed E-state index contributed by atoms with van der Waals surface area (Å²) in [5.74, 6) is -3.18. The first-order valence-corrected chi connectivity index (χ1v) is 19.2. The SMILES string of the molecule is CC[C@H](C)[C@H](NCCc1ccccc1)C(=O)NC(=O)[C@@H](C[C@H](O)[C@H](CC1CCCCC1)NC(=O)[C@H](CC(N)=O)NC(=O)OCc1ccccc1)C(C)C. The number of aliphatic hydroxyl groups is 1. The molecular weight excluding hydrogens is 674 g/mol. The Hall–Kier alpha value is -4.29. The zero-order valence-electron chi connectivity index (χ0n) is 31.9. The number of alkyl carbamates (subject to hydrolysis) is 1. The Balaban J connectivity index is 1.70. The monoisotopic (exact) mass is 735 g/mol. The summed E-state index contributed by atoms with van der Waals surface area (Å²) in [5, 5.41) is 23.0. The number of aliphatic hydroxyl groups excluding tert-OH is 1. The average molecular weight is 736 g/mol. The molecule has 1 aliphatic rings. The maximum atomic E-state index is 13.7. The minimum absolute atomic E-state index is 0.0170. The lowest BCUT2D eigenvalue weighted by atomic mass is 9.81. The standard InChI is InChI=1S/C41H61N5O7/c1-5-28(4)37(43-22-21-29-15-9-6-10-16-29)40(51)46-38(49)32(27(2)3)24-35(47)33(23-30-17-11-7-12-18-30)44-39(50)34(25-36(42)48)45-41(52)53-26-31-19-13-8-14-20-31/h6,8-10,13-16,19-20,27-28,30,32-35,37,43,47H,5,7,11-12,17-18,21-26H2,1-4H3,(H2,42,48)(H,44,50)(H,45,52)(H,46,49,51)/t28-,32-,33-,34-,35-,37-/m0/s1. The van der Waals surface area contributed by atoms with Crippen LogP contribution in [0.2, 0.25) is 0 Å². The summed E-state index contributed by atoms with van der Waals surface area (Å²) < 4.78 is 5.27. The molecule has 0 spiro atoms. The van der Waals surface area contributed by atoms with Gasteiger partial charge in [0, 0.05) is 5.92 Å². The van der Waals surface area contributed by atoms with Crippen LogP contribution < -0.4 is 27.0 Å². The summed E-state index contributed by atoms with van der Waals surface area (Å²) in [6, 6.07) is 16.2. The van der Waals surface area contributed by atoms with Gasteiger partial charge in [0.15, 0.2) is 0 Å². The third-order valence-electron chi connectivity index (χ3n) is 10.3. The lowest BCUT2D eigenvalue weighted by Gasteiger charge is -2.33. The van der Waals surface area contributed by atoms with Crippen LogP contribution in [0.25, 0.3) is 0 Å². The van der Waals surface area contributed by atoms with Gasteiger partial charge in [-0.25, -0.2) is 4.79 Å². The van der Waals surface area contributed by atoms with Crippen molar-refractivity contribution < 1.29 is 33.8 Å². The van der Waals surface area contributed by atoms with Crippen molar-refractivity contribution in [1.82, 2.24) is 21.3 Å². The molecule has 1 fully saturated rings. The molecule has 53 heavy (non-hydrogen) atoms. The maximum Gasteiger partial charge on any atom is 0.408 e. The van der Waals surface area contributed by atoms with Crippen molar-refractivity contribution in [3.63, 3.8) is 0 Å². The van der Waals surface area contributed by atoms with Crippen molar-refractivity contribution >= 4 is 29.7 Å². The third-order valence-corrected chi connectivity index (χ3v) is 10.3. The number of ether oxygens (including phenoxy) is 1. The summed E-state index contributed by atoms with van der Waals surface area (Å²) >= 11 is 0. The number of rotatable bonds is 21. The molecule has 12 heteroatoms. The molecule has 1 aliphatic carbocycles. The summed E-state index contributed by atoms with van der Waals surface area (Å²) in [6.45, 7) is 8.20. The van der Waals surface area contributed by atoms with Crippen molar-refractivity contribution in [1.29, 1.82) is 0 Å². The first kappa shape index (κ1) is 43.1. The first-order chi connectivity index (χ1) is 25.4. The predicted octanol–water partition coefficient (Wildman–Crippen LogP) is 4.53. The molecular formula is C41H61N5O7. The fourth-order valence-corrected chi connectivity index (χ4v) is 6.90. The number of benzene rings is 2. The molecule has 0 bridgehead atoms. The first-order valence-electron chi connectivity index (χ1n) is 19.2. The quantitative estimate of drug-likeness (QED) is 0.108. The largest absolute Gasteiger partial charge is 0.445 e. The van der Waals surface area contributed by atoms with E-state index in [9.17, 15) is 29.1 Å². The van der Waals surface area contributed by atoms with Gasteiger partial charge in [-0.1, -0.05) is 127 Å². The van der Waals surface area contributed by atoms with E-state index in [1.54, 1.807) is 24.3 Å². The number of imide groups is 1. The van der Waals surface area contributed by atoms with Crippen LogP contribution in [0.15, 0.2) is 60.7 Å². The molecule has 7 N–H and O–H groups in total. The lowest BCUT2D eigenvalue weighted by molar-refractivity contribution is -0.136. The van der Waals surface area contributed by atoms with Gasteiger partial charge in [-0.15, -0.1) is 0 Å². The summed E-state index contributed by atoms with van der Waals surface area (Å²) in [7, 11) is 0. The lowest BCUT2D eigenvalue weighted by Crippen LogP contribution is -2.55. The van der Waals surface area contributed by atoms with E-state index < -0.39 is 66.3 Å². The molecule has 292 valence electrons. The Morgan fingerprint density at radius 3 is 2.06 bits per heavy atom. The number of carbonyl (C=O) groups excluding carboxylic acids is 5. The van der Waals surface area contributed by atoms with Crippen LogP contribution in [0.4, 0.5) is 4.79 Å². The highest BCUT2D eigenvalue weighted by Crippen LogP contribution is 2.30. The van der Waals surface area contributed by atoms with E-state index in [0.29, 0.717) is 13.0 Å². The van der Waals surface area contributed by atoms with E-state index >= 15 is 0 Å². The summed E-state index contributed by atoms with van der Waals surface area (Å²) in [5.41, 5.74) is 7.34. The Kier molecular flexibility index (Phi) is 18.5. The van der Waals surface area contributed by atoms with Crippen LogP contribution in [0.5, 0.6) is 0 Å². The maximum absolute atomic E-state index is 13.7. The zero-order chi connectivity index (χ0) is 38.8. The van der Waals surface area contributed by atoms with Gasteiger partial charge in [0.05, 0.1) is 24.6 Å². The number of hydrogen-bond acceptors (Lipinski definition) is 8. The fourth-order valence-electron chi connectivity index (χ4n) is 6.90. The molecule has 2 aromatic carbocycles. The van der Waals surface area contributed by atoms with E-state index in [-0.39, 0.29) is 30.8 Å². The second-order valence-electron chi connectivity index (χ2n) is 14.8. The summed E-state index contributed by atoms with van der Waals surface area (Å²) in [6.07, 6.45) is 4.42. The number of nitrogens with one attached hydrogen (secondary N) is 4. The van der Waals surface area contributed by atoms with E-state index in [2.05, 4.69) is 21.3 Å². The van der Waals surface area contributed by atoms with Crippen LogP contribution in [0, 0.1) is 23.7 Å². The number of nitrogens with two attached hydrogens (primary N) is 1. The molecule has 0 radical (unpaired) electrons. The zero-order valence-corrected chi connectivity index (χ0v) is 31.9. The molecule has 2 aromatic rings. The number of amides is 5. The van der Waals surface area contributed by atoms with E-state index in [1.807, 2.05) is 64.1 Å². The van der Waals surface area contributed by atoms with E-state index in [0.717, 1.165) is 56.1 Å². The Morgan fingerprint density at radius 1 is 0.849 bits per heavy atom. The molecule has 12 nitrogen and oxygen atoms in total. The molecule has 6 atom stereocenters. The Labute approximate surface area is 314 Å². The van der Waals surface area contributed by atoms with Crippen LogP contribution >= 0.6 is 0 Å². The van der Waals surface area contributed by atoms with Crippen LogP contribution in [-0.2, 0) is 36.9 Å². The van der Waals surface area contributed by atoms with Gasteiger partial charge >= 0.3 is 6.09 Å². The number of carbonyl (C=O) groups is 5. The molecule has 0 unspecified atom stereocenters. The Morgan fingerprint density at radius 2 is 1.47 bits per heavy atom. The van der Waals surface area contributed by atoms with Gasteiger partial charge in [-0.3, -0.25) is 24.5 Å². The highest BCUT2D eigenvalue weighted by molar-refractivity contribution is 5.99. The van der Waals surface area contributed by atoms with Crippen molar-refractivity contribution in [2.75, 3.05) is 6.54 Å². The van der Waals surface area contributed by atoms with E-state index in [1.165, 1.54) is 0 Å². The van der Waals surface area contributed by atoms with Gasteiger partial charge < -0.3 is 31.5 Å². The summed E-state index contributed by atoms with van der Waals surface area (Å²) in [4.78, 5) is 65.5. The van der Waals surface area contributed by atoms with E-state index in [4.69, 9.17) is 10.5 Å². The number of primary amides is 1. The smallest absolute Gasteiger partial charge is 0.408 e. The number of hydrogen-bond donors (Lipinski definition) is 6. The van der Waals surface area contributed by atoms with Crippen LogP contribution in [0.1, 0.15) is 96.6 Å². The molecule has 0 saturated heterocycles. The van der Waals surface area contributed by atoms with Crippen molar-refractivity contribution in [2.45, 2.75) is 123 Å². The molecule has 0 heterocycles. The second kappa shape index (κ2) is 22.7. The van der Waals surface area contributed by atoms with Gasteiger partial charge in [-0.05, 0) is 54.7 Å². The normalized spacial score (nSPS) is 16.7. The van der Waals surface area contributed by atoms with Gasteiger partial charge in [0.2, 0.25) is 23.6 Å². The fraction of sp³-hybridized carbons (Fsp3) is 0.585. The molecule has 0 aliphatic heterocycles. The molecule has 0 aromatic heterocycles. The van der Waals surface area contributed by atoms with Gasteiger partial charge in [0.25, 0.3) is 0 Å². The van der Waals surface area contributed by atoms with Crippen LogP contribution in [0.3, 0.4) is 0 Å².